The van der Waals surface area contributed by atoms with Gasteiger partial charge in [0.1, 0.15) is 16.8 Å². The lowest BCUT2D eigenvalue weighted by Crippen LogP contribution is -2.17. The molecule has 4 rings (SSSR count). The lowest BCUT2D eigenvalue weighted by Gasteiger charge is -2.04. The zero-order chi connectivity index (χ0) is 16.5. The van der Waals surface area contributed by atoms with Crippen molar-refractivity contribution in [1.29, 1.82) is 0 Å². The van der Waals surface area contributed by atoms with Crippen LogP contribution >= 0.6 is 34.2 Å². The van der Waals surface area contributed by atoms with Gasteiger partial charge < -0.3 is 15.5 Å². The van der Waals surface area contributed by atoms with Gasteiger partial charge >= 0.3 is 0 Å². The lowest BCUT2D eigenvalue weighted by molar-refractivity contribution is 0.574. The minimum Gasteiger partial charge on any atom is -0.444 e. The highest BCUT2D eigenvalue weighted by Gasteiger charge is 2.22. The predicted molar refractivity (Wildman–Crippen MR) is 102 cm³/mol. The van der Waals surface area contributed by atoms with Gasteiger partial charge in [-0.15, -0.1) is 22.7 Å². The van der Waals surface area contributed by atoms with Crippen molar-refractivity contribution in [2.75, 3.05) is 5.32 Å². The second-order valence-corrected chi connectivity index (χ2v) is 8.45. The van der Waals surface area contributed by atoms with E-state index in [1.165, 1.54) is 21.3 Å². The van der Waals surface area contributed by atoms with Crippen LogP contribution in [0, 0.1) is 0 Å². The Balaban J connectivity index is 1.73. The van der Waals surface area contributed by atoms with Crippen LogP contribution in [0.2, 0.25) is 0 Å². The minimum absolute atomic E-state index is 0.0765. The van der Waals surface area contributed by atoms with Crippen molar-refractivity contribution in [3.8, 4) is 11.5 Å². The molecule has 0 aromatic carbocycles. The Kier molecular flexibility index (Phi) is 4.36. The number of rotatable bonds is 6. The van der Waals surface area contributed by atoms with Gasteiger partial charge in [0.15, 0.2) is 0 Å². The summed E-state index contributed by atoms with van der Waals surface area (Å²) in [5.41, 5.74) is 7.96. The zero-order valence-electron chi connectivity index (χ0n) is 13.0. The van der Waals surface area contributed by atoms with Crippen molar-refractivity contribution in [2.24, 2.45) is 5.73 Å². The summed E-state index contributed by atoms with van der Waals surface area (Å²) in [6.45, 7) is 2.82. The van der Waals surface area contributed by atoms with Crippen LogP contribution in [-0.2, 0) is 13.0 Å². The zero-order valence-corrected chi connectivity index (χ0v) is 15.4. The van der Waals surface area contributed by atoms with Crippen molar-refractivity contribution < 1.29 is 4.42 Å². The van der Waals surface area contributed by atoms with Crippen LogP contribution < -0.4 is 11.1 Å². The lowest BCUT2D eigenvalue weighted by atomic mass is 10.1. The van der Waals surface area contributed by atoms with E-state index < -0.39 is 0 Å². The molecule has 5 nitrogen and oxygen atoms in total. The van der Waals surface area contributed by atoms with E-state index in [1.807, 2.05) is 6.92 Å². The van der Waals surface area contributed by atoms with E-state index in [0.29, 0.717) is 5.89 Å². The summed E-state index contributed by atoms with van der Waals surface area (Å²) in [5, 5.41) is 6.68. The number of anilines is 1. The normalized spacial score (nSPS) is 12.8. The number of hydrogen-bond acceptors (Lipinski definition) is 8. The van der Waals surface area contributed by atoms with Crippen LogP contribution in [0.5, 0.6) is 0 Å². The Morgan fingerprint density at radius 3 is 3.04 bits per heavy atom. The van der Waals surface area contributed by atoms with E-state index in [-0.39, 0.29) is 6.04 Å². The summed E-state index contributed by atoms with van der Waals surface area (Å²) in [7, 11) is 0. The fraction of sp³-hybridized carbons (Fsp3) is 0.250. The maximum absolute atomic E-state index is 6.02. The molecule has 124 valence electrons. The minimum atomic E-state index is 0.0765. The highest BCUT2D eigenvalue weighted by atomic mass is 32.1. The average molecular weight is 377 g/mol. The number of aromatic nitrogens is 2. The Morgan fingerprint density at radius 2 is 2.33 bits per heavy atom. The second kappa shape index (κ2) is 6.64. The van der Waals surface area contributed by atoms with E-state index in [0.717, 1.165) is 33.7 Å². The molecule has 0 aliphatic heterocycles. The summed E-state index contributed by atoms with van der Waals surface area (Å²) in [6, 6.07) is 4.27. The summed E-state index contributed by atoms with van der Waals surface area (Å²) >= 11 is 4.96. The van der Waals surface area contributed by atoms with Gasteiger partial charge in [-0.1, -0.05) is 6.07 Å². The Bertz CT molecular complexity index is 922. The molecule has 8 heteroatoms. The highest BCUT2D eigenvalue weighted by Crippen LogP contribution is 2.43. The van der Waals surface area contributed by atoms with Crippen molar-refractivity contribution in [3.63, 3.8) is 0 Å². The van der Waals surface area contributed by atoms with Crippen LogP contribution in [0.1, 0.15) is 16.7 Å². The molecule has 4 heterocycles. The second-order valence-electron chi connectivity index (χ2n) is 5.54. The maximum Gasteiger partial charge on any atom is 0.229 e. The molecule has 0 fully saturated rings. The van der Waals surface area contributed by atoms with Crippen molar-refractivity contribution in [1.82, 2.24) is 9.36 Å². The first-order valence-corrected chi connectivity index (χ1v) is 10.0. The smallest absolute Gasteiger partial charge is 0.229 e. The number of hydrogen-bond donors (Lipinski definition) is 2. The summed E-state index contributed by atoms with van der Waals surface area (Å²) < 4.78 is 11.3. The van der Waals surface area contributed by atoms with E-state index in [1.54, 1.807) is 35.1 Å². The molecule has 4 aromatic heterocycles. The quantitative estimate of drug-likeness (QED) is 0.515. The molecule has 0 aliphatic carbocycles. The standard InChI is InChI=1S/C16H16N4OS3/c1-9(17)7-11-12(15-18-4-5-21-15)13-14(23-11)16(24-20-13)19-8-10-3-2-6-22-10/h2-6,9,19H,7-8,17H2,1H3/t9-/m0/s1. The molecule has 24 heavy (non-hydrogen) atoms. The molecular formula is C16H16N4OS3. The van der Waals surface area contributed by atoms with E-state index in [4.69, 9.17) is 10.2 Å². The average Bonchev–Trinajstić information content (AvgIpc) is 3.30. The van der Waals surface area contributed by atoms with Gasteiger partial charge in [0.05, 0.1) is 23.0 Å². The molecule has 0 aliphatic rings. The van der Waals surface area contributed by atoms with E-state index >= 15 is 0 Å². The summed E-state index contributed by atoms with van der Waals surface area (Å²) in [5.74, 6) is 0.618. The number of nitrogens with two attached hydrogens (primary N) is 1. The van der Waals surface area contributed by atoms with Gasteiger partial charge in [-0.3, -0.25) is 0 Å². The molecule has 0 saturated carbocycles. The molecule has 1 atom stereocenters. The number of nitrogens with one attached hydrogen (secondary N) is 1. The molecule has 0 saturated heterocycles. The van der Waals surface area contributed by atoms with Crippen LogP contribution in [0.3, 0.4) is 0 Å². The highest BCUT2D eigenvalue weighted by molar-refractivity contribution is 7.25. The van der Waals surface area contributed by atoms with Crippen LogP contribution in [0.25, 0.3) is 21.7 Å². The molecule has 0 bridgehead atoms. The van der Waals surface area contributed by atoms with E-state index in [2.05, 4.69) is 32.2 Å². The SMILES string of the molecule is C[C@H](N)Cc1sc2c(NCc3cccs3)snc2c1-c1ncco1. The Morgan fingerprint density at radius 1 is 1.42 bits per heavy atom. The molecule has 3 N–H and O–H groups in total. The third kappa shape index (κ3) is 2.98. The van der Waals surface area contributed by atoms with Crippen LogP contribution in [0.4, 0.5) is 5.00 Å². The van der Waals surface area contributed by atoms with Crippen LogP contribution in [0.15, 0.2) is 34.4 Å². The molecular weight excluding hydrogens is 360 g/mol. The molecule has 0 spiro atoms. The fourth-order valence-electron chi connectivity index (χ4n) is 2.54. The third-order valence-corrected chi connectivity index (χ3v) is 6.58. The Labute approximate surface area is 151 Å². The van der Waals surface area contributed by atoms with Gasteiger partial charge in [-0.2, -0.15) is 4.37 Å². The van der Waals surface area contributed by atoms with Crippen LogP contribution in [-0.4, -0.2) is 15.4 Å². The first kappa shape index (κ1) is 15.8. The monoisotopic (exact) mass is 376 g/mol. The molecule has 0 amide bonds. The molecule has 0 radical (unpaired) electrons. The summed E-state index contributed by atoms with van der Waals surface area (Å²) in [4.78, 5) is 6.80. The number of fused-ring (bicyclic) bond motifs is 1. The first-order chi connectivity index (χ1) is 11.7. The number of oxazole rings is 1. The largest absolute Gasteiger partial charge is 0.444 e. The van der Waals surface area contributed by atoms with Gasteiger partial charge in [0.25, 0.3) is 0 Å². The van der Waals surface area contributed by atoms with Gasteiger partial charge in [0, 0.05) is 15.8 Å². The topological polar surface area (TPSA) is 77.0 Å². The van der Waals surface area contributed by atoms with Crippen molar-refractivity contribution in [2.45, 2.75) is 25.9 Å². The van der Waals surface area contributed by atoms with E-state index in [9.17, 15) is 0 Å². The predicted octanol–water partition coefficient (Wildman–Crippen LogP) is 4.58. The Hall–Kier alpha value is -1.74. The maximum atomic E-state index is 6.02. The molecule has 4 aromatic rings. The number of nitrogens with zero attached hydrogens (tertiary/aromatic N) is 2. The first-order valence-electron chi connectivity index (χ1n) is 7.55. The van der Waals surface area contributed by atoms with Crippen molar-refractivity contribution in [3.05, 3.63) is 39.7 Å². The van der Waals surface area contributed by atoms with Gasteiger partial charge in [0.2, 0.25) is 5.89 Å². The van der Waals surface area contributed by atoms with Crippen molar-refractivity contribution >= 4 is 49.4 Å². The van der Waals surface area contributed by atoms with Gasteiger partial charge in [-0.05, 0) is 36.3 Å². The number of thiophene rings is 2. The summed E-state index contributed by atoms with van der Waals surface area (Å²) in [6.07, 6.45) is 4.04. The fourth-order valence-corrected chi connectivity index (χ4v) is 5.45. The van der Waals surface area contributed by atoms with Gasteiger partial charge in [-0.25, -0.2) is 4.98 Å². The molecule has 0 unspecified atom stereocenters. The third-order valence-electron chi connectivity index (χ3n) is 3.55.